The molecule has 1 amide bonds. The lowest BCUT2D eigenvalue weighted by atomic mass is 9.87. The standard InChI is InChI=1S/C31H38F4N6O3/c1-18(22-5-4-6-24(26(22)32)31(33,34)35)36-28-23-15-25-27(44-14-12-41(25)29(23)38-19(2)37-28)21-16-40(17-21)30(42)20-7-9-39(10-8-20)11-13-43-3/h4-6,15,18,20-21,27H,7-14,16-17H2,1-3H3,(H,36,37,38)/t18-,27?/m1/s1. The number of carbonyl (C=O) groups excluding carboxylic acids is 1. The number of hydrogen-bond acceptors (Lipinski definition) is 7. The van der Waals surface area contributed by atoms with Crippen molar-refractivity contribution >= 4 is 22.8 Å². The Labute approximate surface area is 253 Å². The number of benzene rings is 1. The zero-order valence-corrected chi connectivity index (χ0v) is 25.2. The number of hydrogen-bond donors (Lipinski definition) is 1. The summed E-state index contributed by atoms with van der Waals surface area (Å²) in [4.78, 5) is 26.7. The van der Waals surface area contributed by atoms with Gasteiger partial charge < -0.3 is 29.2 Å². The van der Waals surface area contributed by atoms with Crippen LogP contribution >= 0.6 is 0 Å². The molecule has 6 rings (SSSR count). The Kier molecular flexibility index (Phi) is 8.55. The van der Waals surface area contributed by atoms with Gasteiger partial charge >= 0.3 is 6.18 Å². The molecule has 1 unspecified atom stereocenters. The molecule has 0 aliphatic carbocycles. The number of aromatic nitrogens is 3. The first-order chi connectivity index (χ1) is 21.0. The third-order valence-electron chi connectivity index (χ3n) is 9.15. The molecule has 3 aliphatic heterocycles. The molecule has 3 aliphatic rings. The molecule has 0 saturated carbocycles. The van der Waals surface area contributed by atoms with Crippen LogP contribution in [0.5, 0.6) is 0 Å². The normalized spacial score (nSPS) is 20.9. The van der Waals surface area contributed by atoms with Crippen LogP contribution in [0.1, 0.15) is 54.6 Å². The molecule has 3 aromatic rings. The molecule has 1 aromatic carbocycles. The van der Waals surface area contributed by atoms with E-state index in [1.54, 1.807) is 21.0 Å². The van der Waals surface area contributed by atoms with E-state index in [1.807, 2.05) is 11.0 Å². The molecular weight excluding hydrogens is 580 g/mol. The number of carbonyl (C=O) groups is 1. The maximum atomic E-state index is 14.9. The minimum atomic E-state index is -4.79. The lowest BCUT2D eigenvalue weighted by Gasteiger charge is -2.46. The Balaban J connectivity index is 1.17. The number of rotatable bonds is 8. The van der Waals surface area contributed by atoms with Crippen LogP contribution in [0.3, 0.4) is 0 Å². The fraction of sp³-hybridized carbons (Fsp3) is 0.581. The Morgan fingerprint density at radius 3 is 2.64 bits per heavy atom. The van der Waals surface area contributed by atoms with Gasteiger partial charge in [-0.1, -0.05) is 12.1 Å². The van der Waals surface area contributed by atoms with Gasteiger partial charge in [-0.3, -0.25) is 4.79 Å². The summed E-state index contributed by atoms with van der Waals surface area (Å²) in [7, 11) is 1.70. The van der Waals surface area contributed by atoms with E-state index >= 15 is 0 Å². The number of aryl methyl sites for hydroxylation is 1. The molecule has 2 saturated heterocycles. The number of piperidine rings is 1. The third kappa shape index (κ3) is 5.89. The topological polar surface area (TPSA) is 84.8 Å². The molecule has 5 heterocycles. The van der Waals surface area contributed by atoms with Crippen LogP contribution in [0.25, 0.3) is 11.0 Å². The van der Waals surface area contributed by atoms with Crippen LogP contribution in [-0.2, 0) is 27.0 Å². The van der Waals surface area contributed by atoms with E-state index in [1.165, 1.54) is 12.1 Å². The summed E-state index contributed by atoms with van der Waals surface area (Å²) in [5, 5.41) is 3.83. The van der Waals surface area contributed by atoms with E-state index in [-0.39, 0.29) is 29.4 Å². The van der Waals surface area contributed by atoms with E-state index in [4.69, 9.17) is 9.47 Å². The van der Waals surface area contributed by atoms with Crippen molar-refractivity contribution in [3.05, 3.63) is 52.7 Å². The van der Waals surface area contributed by atoms with Crippen molar-refractivity contribution in [2.75, 3.05) is 58.4 Å². The van der Waals surface area contributed by atoms with E-state index in [0.717, 1.165) is 44.2 Å². The summed E-state index contributed by atoms with van der Waals surface area (Å²) in [6, 6.07) is 4.45. The third-order valence-corrected chi connectivity index (χ3v) is 9.15. The Bertz CT molecular complexity index is 1510. The fourth-order valence-corrected chi connectivity index (χ4v) is 6.72. The average molecular weight is 619 g/mol. The number of halogens is 4. The predicted octanol–water partition coefficient (Wildman–Crippen LogP) is 4.96. The quantitative estimate of drug-likeness (QED) is 0.358. The number of ether oxygens (including phenoxy) is 2. The number of methoxy groups -OCH3 is 1. The van der Waals surface area contributed by atoms with Gasteiger partial charge in [0.2, 0.25) is 5.91 Å². The lowest BCUT2D eigenvalue weighted by Crippen LogP contribution is -2.55. The predicted molar refractivity (Wildman–Crippen MR) is 156 cm³/mol. The summed E-state index contributed by atoms with van der Waals surface area (Å²) >= 11 is 0. The average Bonchev–Trinajstić information content (AvgIpc) is 3.34. The van der Waals surface area contributed by atoms with Crippen LogP contribution in [-0.4, -0.2) is 83.3 Å². The van der Waals surface area contributed by atoms with Crippen molar-refractivity contribution in [1.82, 2.24) is 24.3 Å². The minimum Gasteiger partial charge on any atom is -0.383 e. The number of nitrogens with zero attached hydrogens (tertiary/aromatic N) is 5. The van der Waals surface area contributed by atoms with E-state index < -0.39 is 23.6 Å². The second-order valence-corrected chi connectivity index (χ2v) is 12.1. The summed E-state index contributed by atoms with van der Waals surface area (Å²) < 4.78 is 68.4. The number of anilines is 1. The van der Waals surface area contributed by atoms with Gasteiger partial charge in [-0.15, -0.1) is 0 Å². The van der Waals surface area contributed by atoms with Gasteiger partial charge in [0, 0.05) is 56.4 Å². The molecular formula is C31H38F4N6O3. The Morgan fingerprint density at radius 2 is 1.93 bits per heavy atom. The highest BCUT2D eigenvalue weighted by molar-refractivity contribution is 5.89. The highest BCUT2D eigenvalue weighted by atomic mass is 19.4. The second-order valence-electron chi connectivity index (χ2n) is 12.1. The first-order valence-corrected chi connectivity index (χ1v) is 15.2. The number of amides is 1. The minimum absolute atomic E-state index is 0.0454. The zero-order chi connectivity index (χ0) is 31.2. The van der Waals surface area contributed by atoms with Crippen LogP contribution < -0.4 is 5.32 Å². The molecule has 0 radical (unpaired) electrons. The van der Waals surface area contributed by atoms with Crippen molar-refractivity contribution < 1.29 is 31.8 Å². The van der Waals surface area contributed by atoms with Crippen molar-refractivity contribution in [1.29, 1.82) is 0 Å². The molecule has 0 spiro atoms. The maximum absolute atomic E-state index is 14.9. The number of nitrogens with one attached hydrogen (secondary N) is 1. The molecule has 0 bridgehead atoms. The number of alkyl halides is 3. The first kappa shape index (κ1) is 30.7. The van der Waals surface area contributed by atoms with Gasteiger partial charge in [-0.05, 0) is 51.9 Å². The smallest absolute Gasteiger partial charge is 0.383 e. The van der Waals surface area contributed by atoms with Crippen molar-refractivity contribution in [2.45, 2.75) is 51.6 Å². The number of fused-ring (bicyclic) bond motifs is 3. The van der Waals surface area contributed by atoms with Gasteiger partial charge in [-0.2, -0.15) is 13.2 Å². The maximum Gasteiger partial charge on any atom is 0.419 e. The highest BCUT2D eigenvalue weighted by Crippen LogP contribution is 2.41. The van der Waals surface area contributed by atoms with Gasteiger partial charge in [0.25, 0.3) is 0 Å². The van der Waals surface area contributed by atoms with Gasteiger partial charge in [-0.25, -0.2) is 14.4 Å². The second kappa shape index (κ2) is 12.2. The van der Waals surface area contributed by atoms with Crippen LogP contribution in [0, 0.1) is 24.6 Å². The molecule has 13 heteroatoms. The highest BCUT2D eigenvalue weighted by Gasteiger charge is 2.42. The molecule has 2 fully saturated rings. The van der Waals surface area contributed by atoms with Crippen LogP contribution in [0.2, 0.25) is 0 Å². The zero-order valence-electron chi connectivity index (χ0n) is 25.2. The van der Waals surface area contributed by atoms with Crippen LogP contribution in [0.15, 0.2) is 24.3 Å². The Hall–Kier alpha value is -3.29. The summed E-state index contributed by atoms with van der Waals surface area (Å²) in [6.45, 7) is 9.05. The Morgan fingerprint density at radius 1 is 1.18 bits per heavy atom. The van der Waals surface area contributed by atoms with E-state index in [2.05, 4.69) is 24.8 Å². The first-order valence-electron chi connectivity index (χ1n) is 15.2. The van der Waals surface area contributed by atoms with E-state index in [0.29, 0.717) is 55.5 Å². The van der Waals surface area contributed by atoms with E-state index in [9.17, 15) is 22.4 Å². The van der Waals surface area contributed by atoms with Gasteiger partial charge in [0.1, 0.15) is 29.2 Å². The lowest BCUT2D eigenvalue weighted by molar-refractivity contribution is -0.150. The monoisotopic (exact) mass is 618 g/mol. The molecule has 2 aromatic heterocycles. The van der Waals surface area contributed by atoms with Crippen molar-refractivity contribution in [3.8, 4) is 0 Å². The van der Waals surface area contributed by atoms with Gasteiger partial charge in [0.15, 0.2) is 0 Å². The largest absolute Gasteiger partial charge is 0.419 e. The molecule has 238 valence electrons. The summed E-state index contributed by atoms with van der Waals surface area (Å²) in [5.74, 6) is -0.00839. The number of likely N-dealkylation sites (tertiary alicyclic amines) is 2. The van der Waals surface area contributed by atoms with Gasteiger partial charge in [0.05, 0.1) is 30.2 Å². The molecule has 9 nitrogen and oxygen atoms in total. The summed E-state index contributed by atoms with van der Waals surface area (Å²) in [6.07, 6.45) is -3.31. The summed E-state index contributed by atoms with van der Waals surface area (Å²) in [5.41, 5.74) is 0.213. The van der Waals surface area contributed by atoms with Crippen LogP contribution in [0.4, 0.5) is 23.4 Å². The SMILES string of the molecule is COCCN1CCC(C(=O)N2CC(C3OCCn4c3cc3c(N[C@H](C)c5cccc(C(F)(F)F)c5F)nc(C)nc34)C2)CC1. The van der Waals surface area contributed by atoms with Crippen molar-refractivity contribution in [3.63, 3.8) is 0 Å². The van der Waals surface area contributed by atoms with Crippen molar-refractivity contribution in [2.24, 2.45) is 11.8 Å². The molecule has 1 N–H and O–H groups in total. The molecule has 44 heavy (non-hydrogen) atoms. The fourth-order valence-electron chi connectivity index (χ4n) is 6.72. The molecule has 2 atom stereocenters.